The fourth-order valence-corrected chi connectivity index (χ4v) is 5.13. The standard InChI is InChI=1S/C22H32F2O/c1-3-15-4-6-16(7-5-15)17-8-10-18(11-9-17)19-12-21(23)20(14-25-2)22(24)13-19/h12-13,15-18H,3-11,14H2,1-2H3/t15-,16-,17?,18?. The van der Waals surface area contributed by atoms with Gasteiger partial charge < -0.3 is 4.74 Å². The van der Waals surface area contributed by atoms with Gasteiger partial charge in [0.15, 0.2) is 0 Å². The van der Waals surface area contributed by atoms with Gasteiger partial charge in [0.2, 0.25) is 0 Å². The van der Waals surface area contributed by atoms with Gasteiger partial charge in [-0.1, -0.05) is 26.2 Å². The summed E-state index contributed by atoms with van der Waals surface area (Å²) in [7, 11) is 1.46. The highest BCUT2D eigenvalue weighted by atomic mass is 19.1. The molecule has 0 N–H and O–H groups in total. The molecular weight excluding hydrogens is 318 g/mol. The van der Waals surface area contributed by atoms with Crippen LogP contribution >= 0.6 is 0 Å². The Morgan fingerprint density at radius 2 is 1.40 bits per heavy atom. The van der Waals surface area contributed by atoms with Crippen LogP contribution in [-0.2, 0) is 11.3 Å². The normalized spacial score (nSPS) is 30.4. The Morgan fingerprint density at radius 1 is 0.880 bits per heavy atom. The summed E-state index contributed by atoms with van der Waals surface area (Å²) in [5.41, 5.74) is 0.885. The maximum Gasteiger partial charge on any atom is 0.131 e. The third-order valence-corrected chi connectivity index (χ3v) is 6.83. The van der Waals surface area contributed by atoms with E-state index < -0.39 is 11.6 Å². The SMILES string of the molecule is CC[C@H]1CC[C@H](C2CCC(c3cc(F)c(COC)c(F)c3)CC2)CC1. The van der Waals surface area contributed by atoms with Crippen molar-refractivity contribution >= 4 is 0 Å². The Balaban J connectivity index is 1.57. The Kier molecular flexibility index (Phi) is 6.49. The molecule has 1 aromatic carbocycles. The summed E-state index contributed by atoms with van der Waals surface area (Å²) in [6.45, 7) is 2.30. The Bertz CT molecular complexity index is 532. The predicted molar refractivity (Wildman–Crippen MR) is 97.5 cm³/mol. The van der Waals surface area contributed by atoms with E-state index in [4.69, 9.17) is 4.74 Å². The van der Waals surface area contributed by atoms with Gasteiger partial charge in [0, 0.05) is 12.7 Å². The van der Waals surface area contributed by atoms with Crippen molar-refractivity contribution in [2.24, 2.45) is 17.8 Å². The summed E-state index contributed by atoms with van der Waals surface area (Å²) in [5.74, 6) is 2.06. The van der Waals surface area contributed by atoms with Gasteiger partial charge in [0.25, 0.3) is 0 Å². The molecular formula is C22H32F2O. The van der Waals surface area contributed by atoms with Crippen LogP contribution in [0.2, 0.25) is 0 Å². The van der Waals surface area contributed by atoms with Crippen LogP contribution in [0.15, 0.2) is 12.1 Å². The molecule has 0 radical (unpaired) electrons. The first-order chi connectivity index (χ1) is 12.1. The van der Waals surface area contributed by atoms with Gasteiger partial charge in [-0.25, -0.2) is 8.78 Å². The minimum atomic E-state index is -0.461. The van der Waals surface area contributed by atoms with Crippen molar-refractivity contribution in [1.82, 2.24) is 0 Å². The second kappa shape index (κ2) is 8.62. The Labute approximate surface area is 151 Å². The number of halogens is 2. The van der Waals surface area contributed by atoms with E-state index in [1.165, 1.54) is 64.2 Å². The van der Waals surface area contributed by atoms with Crippen molar-refractivity contribution in [3.8, 4) is 0 Å². The first kappa shape index (κ1) is 18.8. The molecule has 2 aliphatic carbocycles. The lowest BCUT2D eigenvalue weighted by atomic mass is 9.68. The molecule has 2 fully saturated rings. The van der Waals surface area contributed by atoms with Gasteiger partial charge in [-0.15, -0.1) is 0 Å². The molecule has 2 aliphatic rings. The molecule has 0 bridgehead atoms. The third kappa shape index (κ3) is 4.42. The average molecular weight is 350 g/mol. The fourth-order valence-electron chi connectivity index (χ4n) is 5.13. The summed E-state index contributed by atoms with van der Waals surface area (Å²) in [6, 6.07) is 3.07. The average Bonchev–Trinajstić information content (AvgIpc) is 2.65. The van der Waals surface area contributed by atoms with E-state index in [1.807, 2.05) is 0 Å². The maximum atomic E-state index is 14.2. The minimum absolute atomic E-state index is 0.00881. The molecule has 0 saturated heterocycles. The minimum Gasteiger partial charge on any atom is -0.380 e. The van der Waals surface area contributed by atoms with Crippen molar-refractivity contribution in [2.75, 3.05) is 7.11 Å². The van der Waals surface area contributed by atoms with E-state index in [1.54, 1.807) is 0 Å². The van der Waals surface area contributed by atoms with Crippen LogP contribution in [-0.4, -0.2) is 7.11 Å². The van der Waals surface area contributed by atoms with Crippen LogP contribution in [0.25, 0.3) is 0 Å². The topological polar surface area (TPSA) is 9.23 Å². The first-order valence-corrected chi connectivity index (χ1v) is 10.1. The molecule has 0 heterocycles. The number of methoxy groups -OCH3 is 1. The van der Waals surface area contributed by atoms with Crippen LogP contribution in [0, 0.1) is 29.4 Å². The van der Waals surface area contributed by atoms with Gasteiger partial charge in [-0.2, -0.15) is 0 Å². The molecule has 2 saturated carbocycles. The van der Waals surface area contributed by atoms with Gasteiger partial charge in [0.05, 0.1) is 6.61 Å². The van der Waals surface area contributed by atoms with Gasteiger partial charge in [-0.05, 0) is 79.9 Å². The molecule has 0 amide bonds. The lowest BCUT2D eigenvalue weighted by Crippen LogP contribution is -2.25. The number of benzene rings is 1. The zero-order valence-corrected chi connectivity index (χ0v) is 15.7. The van der Waals surface area contributed by atoms with Crippen molar-refractivity contribution in [3.63, 3.8) is 0 Å². The van der Waals surface area contributed by atoms with E-state index in [0.29, 0.717) is 5.92 Å². The summed E-state index contributed by atoms with van der Waals surface area (Å²) in [6.07, 6.45) is 11.5. The molecule has 0 unspecified atom stereocenters. The molecule has 1 aromatic rings. The highest BCUT2D eigenvalue weighted by molar-refractivity contribution is 5.28. The quantitative estimate of drug-likeness (QED) is 0.581. The smallest absolute Gasteiger partial charge is 0.131 e. The molecule has 1 nitrogen and oxygen atoms in total. The summed E-state index contributed by atoms with van der Waals surface area (Å²) < 4.78 is 33.2. The highest BCUT2D eigenvalue weighted by Crippen LogP contribution is 2.44. The Morgan fingerprint density at radius 3 is 1.88 bits per heavy atom. The molecule has 0 aliphatic heterocycles. The fraction of sp³-hybridized carbons (Fsp3) is 0.727. The largest absolute Gasteiger partial charge is 0.380 e. The van der Waals surface area contributed by atoms with E-state index in [0.717, 1.165) is 36.2 Å². The van der Waals surface area contributed by atoms with Crippen LogP contribution in [0.1, 0.15) is 81.8 Å². The second-order valence-corrected chi connectivity index (χ2v) is 8.20. The second-order valence-electron chi connectivity index (χ2n) is 8.20. The number of ether oxygens (including phenoxy) is 1. The molecule has 3 heteroatoms. The molecule has 25 heavy (non-hydrogen) atoms. The number of rotatable bonds is 5. The van der Waals surface area contributed by atoms with E-state index in [2.05, 4.69) is 6.92 Å². The van der Waals surface area contributed by atoms with Crippen molar-refractivity contribution < 1.29 is 13.5 Å². The summed E-state index contributed by atoms with van der Waals surface area (Å²) >= 11 is 0. The van der Waals surface area contributed by atoms with Crippen molar-refractivity contribution in [1.29, 1.82) is 0 Å². The van der Waals surface area contributed by atoms with Crippen molar-refractivity contribution in [3.05, 3.63) is 34.9 Å². The van der Waals surface area contributed by atoms with Gasteiger partial charge in [0.1, 0.15) is 11.6 Å². The summed E-state index contributed by atoms with van der Waals surface area (Å²) in [5, 5.41) is 0. The molecule has 0 atom stereocenters. The molecule has 0 aromatic heterocycles. The van der Waals surface area contributed by atoms with Crippen LogP contribution in [0.4, 0.5) is 8.78 Å². The number of hydrogen-bond donors (Lipinski definition) is 0. The van der Waals surface area contributed by atoms with Crippen LogP contribution < -0.4 is 0 Å². The monoisotopic (exact) mass is 350 g/mol. The van der Waals surface area contributed by atoms with Crippen LogP contribution in [0.5, 0.6) is 0 Å². The van der Waals surface area contributed by atoms with E-state index in [9.17, 15) is 8.78 Å². The van der Waals surface area contributed by atoms with E-state index >= 15 is 0 Å². The molecule has 140 valence electrons. The maximum absolute atomic E-state index is 14.2. The Hall–Kier alpha value is -0.960. The lowest BCUT2D eigenvalue weighted by molar-refractivity contribution is 0.158. The van der Waals surface area contributed by atoms with Crippen LogP contribution in [0.3, 0.4) is 0 Å². The van der Waals surface area contributed by atoms with Gasteiger partial charge in [-0.3, -0.25) is 0 Å². The lowest BCUT2D eigenvalue weighted by Gasteiger charge is -2.38. The summed E-state index contributed by atoms with van der Waals surface area (Å²) in [4.78, 5) is 0. The predicted octanol–water partition coefficient (Wildman–Crippen LogP) is 6.60. The number of hydrogen-bond acceptors (Lipinski definition) is 1. The third-order valence-electron chi connectivity index (χ3n) is 6.83. The first-order valence-electron chi connectivity index (χ1n) is 10.1. The zero-order chi connectivity index (χ0) is 17.8. The van der Waals surface area contributed by atoms with E-state index in [-0.39, 0.29) is 12.2 Å². The molecule has 0 spiro atoms. The molecule has 3 rings (SSSR count). The van der Waals surface area contributed by atoms with Gasteiger partial charge >= 0.3 is 0 Å². The zero-order valence-electron chi connectivity index (χ0n) is 15.7. The highest BCUT2D eigenvalue weighted by Gasteiger charge is 2.31. The van der Waals surface area contributed by atoms with Crippen molar-refractivity contribution in [2.45, 2.75) is 77.2 Å².